The summed E-state index contributed by atoms with van der Waals surface area (Å²) in [5.41, 5.74) is 0.485. The van der Waals surface area contributed by atoms with E-state index >= 15 is 0 Å². The number of ether oxygens (including phenoxy) is 3. The Kier molecular flexibility index (Phi) is 7.07. The van der Waals surface area contributed by atoms with Gasteiger partial charge in [-0.05, 0) is 49.2 Å². The molecule has 2 aromatic carbocycles. The second-order valence-electron chi connectivity index (χ2n) is 5.37. The summed E-state index contributed by atoms with van der Waals surface area (Å²) in [7, 11) is 3.08. The summed E-state index contributed by atoms with van der Waals surface area (Å²) in [6.07, 6.45) is 1.55. The van der Waals surface area contributed by atoms with Crippen molar-refractivity contribution in [1.29, 1.82) is 0 Å². The molecule has 25 heavy (non-hydrogen) atoms. The van der Waals surface area contributed by atoms with Crippen LogP contribution in [0, 0.1) is 5.82 Å². The van der Waals surface area contributed by atoms with Crippen LogP contribution in [0.1, 0.15) is 23.2 Å². The number of methoxy groups -OCH3 is 2. The fraction of sp³-hybridized carbons (Fsp3) is 0.316. The third-order valence-corrected chi connectivity index (χ3v) is 3.55. The van der Waals surface area contributed by atoms with Gasteiger partial charge in [0, 0.05) is 18.2 Å². The van der Waals surface area contributed by atoms with Crippen LogP contribution in [0.4, 0.5) is 4.39 Å². The minimum Gasteiger partial charge on any atom is -0.497 e. The Morgan fingerprint density at radius 1 is 0.960 bits per heavy atom. The van der Waals surface area contributed by atoms with Gasteiger partial charge in [-0.1, -0.05) is 0 Å². The Bertz CT molecular complexity index is 666. The molecular weight excluding hydrogens is 325 g/mol. The molecular formula is C19H22FNO4. The van der Waals surface area contributed by atoms with Crippen molar-refractivity contribution in [2.75, 3.05) is 27.4 Å². The summed E-state index contributed by atoms with van der Waals surface area (Å²) >= 11 is 0. The van der Waals surface area contributed by atoms with Crippen LogP contribution >= 0.6 is 0 Å². The normalized spacial score (nSPS) is 10.2. The lowest BCUT2D eigenvalue weighted by Crippen LogP contribution is -2.24. The summed E-state index contributed by atoms with van der Waals surface area (Å²) < 4.78 is 28.6. The maximum atomic E-state index is 12.8. The van der Waals surface area contributed by atoms with Gasteiger partial charge in [-0.25, -0.2) is 4.39 Å². The molecule has 0 unspecified atom stereocenters. The highest BCUT2D eigenvalue weighted by Gasteiger charge is 2.09. The Balaban J connectivity index is 1.71. The van der Waals surface area contributed by atoms with Crippen molar-refractivity contribution in [3.05, 3.63) is 53.8 Å². The van der Waals surface area contributed by atoms with Gasteiger partial charge in [-0.2, -0.15) is 0 Å². The number of carbonyl (C=O) groups excluding carboxylic acids is 1. The first kappa shape index (κ1) is 18.6. The van der Waals surface area contributed by atoms with Gasteiger partial charge in [0.25, 0.3) is 5.91 Å². The molecule has 0 bridgehead atoms. The Morgan fingerprint density at radius 2 is 1.60 bits per heavy atom. The quantitative estimate of drug-likeness (QED) is 0.706. The average Bonchev–Trinajstić information content (AvgIpc) is 2.65. The number of amides is 1. The lowest BCUT2D eigenvalue weighted by molar-refractivity contribution is 0.0951. The molecule has 1 N–H and O–H groups in total. The molecule has 0 saturated carbocycles. The Morgan fingerprint density at radius 3 is 2.20 bits per heavy atom. The lowest BCUT2D eigenvalue weighted by Gasteiger charge is -2.09. The molecule has 0 saturated heterocycles. The smallest absolute Gasteiger partial charge is 0.251 e. The molecule has 0 spiro atoms. The van der Waals surface area contributed by atoms with E-state index in [1.807, 2.05) is 0 Å². The third kappa shape index (κ3) is 5.99. The predicted molar refractivity (Wildman–Crippen MR) is 93.0 cm³/mol. The first-order valence-electron chi connectivity index (χ1n) is 8.02. The minimum atomic E-state index is -0.288. The van der Waals surface area contributed by atoms with Crippen LogP contribution in [0.5, 0.6) is 17.2 Å². The molecule has 2 rings (SSSR count). The van der Waals surface area contributed by atoms with Gasteiger partial charge in [0.15, 0.2) is 0 Å². The summed E-state index contributed by atoms with van der Waals surface area (Å²) in [5, 5.41) is 2.85. The number of hydrogen-bond acceptors (Lipinski definition) is 4. The van der Waals surface area contributed by atoms with Crippen LogP contribution in [0.25, 0.3) is 0 Å². The largest absolute Gasteiger partial charge is 0.497 e. The molecule has 0 aliphatic rings. The topological polar surface area (TPSA) is 56.8 Å². The number of rotatable bonds is 9. The third-order valence-electron chi connectivity index (χ3n) is 3.55. The first-order chi connectivity index (χ1) is 12.1. The number of carbonyl (C=O) groups is 1. The molecule has 2 aromatic rings. The van der Waals surface area contributed by atoms with Crippen LogP contribution in [0.3, 0.4) is 0 Å². The fourth-order valence-corrected chi connectivity index (χ4v) is 2.19. The summed E-state index contributed by atoms with van der Waals surface area (Å²) in [5.74, 6) is 1.30. The van der Waals surface area contributed by atoms with Gasteiger partial charge in [0.1, 0.15) is 23.1 Å². The van der Waals surface area contributed by atoms with Gasteiger partial charge < -0.3 is 19.5 Å². The summed E-state index contributed by atoms with van der Waals surface area (Å²) in [4.78, 5) is 12.2. The molecule has 0 atom stereocenters. The number of unbranched alkanes of at least 4 members (excludes halogenated alkanes) is 1. The summed E-state index contributed by atoms with van der Waals surface area (Å²) in [6.45, 7) is 1.04. The van der Waals surface area contributed by atoms with Crippen LogP contribution in [-0.2, 0) is 0 Å². The van der Waals surface area contributed by atoms with E-state index < -0.39 is 0 Å². The molecule has 134 valence electrons. The van der Waals surface area contributed by atoms with E-state index in [2.05, 4.69) is 5.32 Å². The maximum absolute atomic E-state index is 12.8. The van der Waals surface area contributed by atoms with Crippen molar-refractivity contribution < 1.29 is 23.4 Å². The molecule has 0 fully saturated rings. The zero-order valence-electron chi connectivity index (χ0n) is 14.4. The van der Waals surface area contributed by atoms with Gasteiger partial charge in [-0.3, -0.25) is 4.79 Å². The molecule has 5 nitrogen and oxygen atoms in total. The Hall–Kier alpha value is -2.76. The Labute approximate surface area is 146 Å². The molecule has 1 amide bonds. The zero-order valence-corrected chi connectivity index (χ0v) is 14.4. The monoisotopic (exact) mass is 347 g/mol. The molecule has 6 heteroatoms. The highest BCUT2D eigenvalue weighted by Crippen LogP contribution is 2.22. The molecule has 0 radical (unpaired) electrons. The highest BCUT2D eigenvalue weighted by atomic mass is 19.1. The fourth-order valence-electron chi connectivity index (χ4n) is 2.19. The highest BCUT2D eigenvalue weighted by molar-refractivity contribution is 5.95. The van der Waals surface area contributed by atoms with E-state index in [1.165, 1.54) is 26.4 Å². The van der Waals surface area contributed by atoms with E-state index in [0.29, 0.717) is 36.0 Å². The average molecular weight is 347 g/mol. The van der Waals surface area contributed by atoms with E-state index in [0.717, 1.165) is 12.8 Å². The molecule has 0 aliphatic carbocycles. The van der Waals surface area contributed by atoms with E-state index in [9.17, 15) is 9.18 Å². The number of benzene rings is 2. The number of hydrogen-bond donors (Lipinski definition) is 1. The zero-order chi connectivity index (χ0) is 18.1. The maximum Gasteiger partial charge on any atom is 0.251 e. The van der Waals surface area contributed by atoms with Crippen molar-refractivity contribution in [2.45, 2.75) is 12.8 Å². The minimum absolute atomic E-state index is 0.184. The lowest BCUT2D eigenvalue weighted by atomic mass is 10.2. The summed E-state index contributed by atoms with van der Waals surface area (Å²) in [6, 6.07) is 10.9. The van der Waals surface area contributed by atoms with Gasteiger partial charge in [0.2, 0.25) is 0 Å². The van der Waals surface area contributed by atoms with Crippen LogP contribution in [0.15, 0.2) is 42.5 Å². The SMILES string of the molecule is COc1cc(OC)cc(C(=O)NCCCCOc2ccc(F)cc2)c1. The van der Waals surface area contributed by atoms with Crippen LogP contribution in [0.2, 0.25) is 0 Å². The van der Waals surface area contributed by atoms with Gasteiger partial charge >= 0.3 is 0 Å². The van der Waals surface area contributed by atoms with Crippen molar-refractivity contribution >= 4 is 5.91 Å². The van der Waals surface area contributed by atoms with Gasteiger partial charge in [0.05, 0.1) is 20.8 Å². The first-order valence-corrected chi connectivity index (χ1v) is 8.02. The van der Waals surface area contributed by atoms with Crippen molar-refractivity contribution in [2.24, 2.45) is 0 Å². The van der Waals surface area contributed by atoms with Crippen molar-refractivity contribution in [1.82, 2.24) is 5.32 Å². The second kappa shape index (κ2) is 9.52. The van der Waals surface area contributed by atoms with Gasteiger partial charge in [-0.15, -0.1) is 0 Å². The van der Waals surface area contributed by atoms with Crippen LogP contribution < -0.4 is 19.5 Å². The number of halogens is 1. The number of nitrogens with one attached hydrogen (secondary N) is 1. The molecule has 0 aromatic heterocycles. The predicted octanol–water partition coefficient (Wildman–Crippen LogP) is 3.43. The van der Waals surface area contributed by atoms with E-state index in [-0.39, 0.29) is 11.7 Å². The van der Waals surface area contributed by atoms with Crippen molar-refractivity contribution in [3.8, 4) is 17.2 Å². The molecule has 0 heterocycles. The molecule has 0 aliphatic heterocycles. The van der Waals surface area contributed by atoms with E-state index in [4.69, 9.17) is 14.2 Å². The standard InChI is InChI=1S/C19H22FNO4/c1-23-17-11-14(12-18(13-17)24-2)19(22)21-9-3-4-10-25-16-7-5-15(20)6-8-16/h5-8,11-13H,3-4,9-10H2,1-2H3,(H,21,22). The van der Waals surface area contributed by atoms with Crippen molar-refractivity contribution in [3.63, 3.8) is 0 Å². The van der Waals surface area contributed by atoms with Crippen LogP contribution in [-0.4, -0.2) is 33.3 Å². The second-order valence-corrected chi connectivity index (χ2v) is 5.37. The van der Waals surface area contributed by atoms with E-state index in [1.54, 1.807) is 30.3 Å².